The molecule has 1 unspecified atom stereocenters. The minimum Gasteiger partial charge on any atom is -0.322 e. The molecule has 0 aliphatic carbocycles. The third kappa shape index (κ3) is 3.74. The number of hydrogen-bond acceptors (Lipinski definition) is 3. The molecule has 1 aromatic carbocycles. The topological polar surface area (TPSA) is 44.4 Å². The molecule has 0 spiro atoms. The standard InChI is InChI=1S/C14H19F2N3O/c1-17-8-11-3-2-6-19(11)9-14(20)18-13-5-4-10(15)7-12(13)16/h4-5,7,11,17H,2-3,6,8-9H2,1H3,(H,18,20). The number of anilines is 1. The van der Waals surface area contributed by atoms with Crippen molar-refractivity contribution < 1.29 is 13.6 Å². The van der Waals surface area contributed by atoms with Gasteiger partial charge in [-0.05, 0) is 38.6 Å². The van der Waals surface area contributed by atoms with Crippen molar-refractivity contribution in [2.75, 3.05) is 32.0 Å². The smallest absolute Gasteiger partial charge is 0.238 e. The Morgan fingerprint density at radius 1 is 1.45 bits per heavy atom. The van der Waals surface area contributed by atoms with Crippen LogP contribution in [0.1, 0.15) is 12.8 Å². The van der Waals surface area contributed by atoms with Crippen LogP contribution in [0.15, 0.2) is 18.2 Å². The number of hydrogen-bond donors (Lipinski definition) is 2. The molecule has 110 valence electrons. The number of nitrogens with one attached hydrogen (secondary N) is 2. The number of likely N-dealkylation sites (tertiary alicyclic amines) is 1. The molecule has 0 aromatic heterocycles. The van der Waals surface area contributed by atoms with Gasteiger partial charge in [-0.2, -0.15) is 0 Å². The van der Waals surface area contributed by atoms with E-state index < -0.39 is 11.6 Å². The third-order valence-electron chi connectivity index (χ3n) is 3.49. The molecule has 0 bridgehead atoms. The summed E-state index contributed by atoms with van der Waals surface area (Å²) >= 11 is 0. The highest BCUT2D eigenvalue weighted by molar-refractivity contribution is 5.92. The fourth-order valence-electron chi connectivity index (χ4n) is 2.54. The molecule has 0 saturated carbocycles. The molecule has 1 aliphatic rings. The Morgan fingerprint density at radius 3 is 2.95 bits per heavy atom. The number of amides is 1. The molecule has 2 N–H and O–H groups in total. The maximum atomic E-state index is 13.4. The first-order valence-corrected chi connectivity index (χ1v) is 6.73. The maximum Gasteiger partial charge on any atom is 0.238 e. The summed E-state index contributed by atoms with van der Waals surface area (Å²) in [6, 6.07) is 3.45. The van der Waals surface area contributed by atoms with Crippen LogP contribution in [0.2, 0.25) is 0 Å². The summed E-state index contributed by atoms with van der Waals surface area (Å²) in [5.74, 6) is -1.70. The zero-order valence-electron chi connectivity index (χ0n) is 11.5. The van der Waals surface area contributed by atoms with Crippen molar-refractivity contribution in [1.82, 2.24) is 10.2 Å². The number of carbonyl (C=O) groups excluding carboxylic acids is 1. The zero-order chi connectivity index (χ0) is 14.5. The van der Waals surface area contributed by atoms with E-state index in [-0.39, 0.29) is 18.1 Å². The summed E-state index contributed by atoms with van der Waals surface area (Å²) in [7, 11) is 1.88. The molecule has 0 radical (unpaired) electrons. The van der Waals surface area contributed by atoms with Crippen LogP contribution in [-0.2, 0) is 4.79 Å². The van der Waals surface area contributed by atoms with E-state index in [1.165, 1.54) is 6.07 Å². The van der Waals surface area contributed by atoms with E-state index in [2.05, 4.69) is 15.5 Å². The molecule has 4 nitrogen and oxygen atoms in total. The lowest BCUT2D eigenvalue weighted by atomic mass is 10.2. The Kier molecular flexibility index (Phi) is 5.03. The first-order chi connectivity index (χ1) is 9.60. The highest BCUT2D eigenvalue weighted by atomic mass is 19.1. The Hall–Kier alpha value is -1.53. The molecule has 1 aromatic rings. The van der Waals surface area contributed by atoms with Crippen LogP contribution >= 0.6 is 0 Å². The predicted octanol–water partition coefficient (Wildman–Crippen LogP) is 1.59. The SMILES string of the molecule is CNCC1CCCN1CC(=O)Nc1ccc(F)cc1F. The molecular formula is C14H19F2N3O. The van der Waals surface area contributed by atoms with Gasteiger partial charge in [0.2, 0.25) is 5.91 Å². The fraction of sp³-hybridized carbons (Fsp3) is 0.500. The highest BCUT2D eigenvalue weighted by Gasteiger charge is 2.25. The Labute approximate surface area is 117 Å². The molecule has 1 aliphatic heterocycles. The normalized spacial score (nSPS) is 19.2. The van der Waals surface area contributed by atoms with Crippen molar-refractivity contribution in [1.29, 1.82) is 0 Å². The second-order valence-electron chi connectivity index (χ2n) is 5.00. The summed E-state index contributed by atoms with van der Waals surface area (Å²) in [6.45, 7) is 1.92. The fourth-order valence-corrected chi connectivity index (χ4v) is 2.54. The van der Waals surface area contributed by atoms with Crippen molar-refractivity contribution in [3.8, 4) is 0 Å². The Bertz CT molecular complexity index is 481. The van der Waals surface area contributed by atoms with Gasteiger partial charge in [-0.15, -0.1) is 0 Å². The van der Waals surface area contributed by atoms with Crippen LogP contribution in [0, 0.1) is 11.6 Å². The molecule has 20 heavy (non-hydrogen) atoms. The highest BCUT2D eigenvalue weighted by Crippen LogP contribution is 2.18. The molecule has 6 heteroatoms. The van der Waals surface area contributed by atoms with E-state index in [0.29, 0.717) is 6.04 Å². The quantitative estimate of drug-likeness (QED) is 0.862. The van der Waals surface area contributed by atoms with Gasteiger partial charge >= 0.3 is 0 Å². The lowest BCUT2D eigenvalue weighted by Gasteiger charge is -2.23. The van der Waals surface area contributed by atoms with Crippen molar-refractivity contribution >= 4 is 11.6 Å². The number of carbonyl (C=O) groups is 1. The molecular weight excluding hydrogens is 264 g/mol. The van der Waals surface area contributed by atoms with E-state index in [1.807, 2.05) is 7.05 Å². The number of rotatable bonds is 5. The van der Waals surface area contributed by atoms with Gasteiger partial charge in [0.15, 0.2) is 0 Å². The molecule has 1 heterocycles. The molecule has 1 amide bonds. The van der Waals surface area contributed by atoms with Crippen LogP contribution in [-0.4, -0.2) is 43.5 Å². The number of nitrogens with zero attached hydrogens (tertiary/aromatic N) is 1. The van der Waals surface area contributed by atoms with E-state index in [9.17, 15) is 13.6 Å². The molecule has 1 saturated heterocycles. The zero-order valence-corrected chi connectivity index (χ0v) is 11.5. The second-order valence-corrected chi connectivity index (χ2v) is 5.00. The summed E-state index contributed by atoms with van der Waals surface area (Å²) in [6.07, 6.45) is 2.11. The largest absolute Gasteiger partial charge is 0.322 e. The first kappa shape index (κ1) is 14.9. The van der Waals surface area contributed by atoms with E-state index in [0.717, 1.165) is 38.1 Å². The predicted molar refractivity (Wildman–Crippen MR) is 73.5 cm³/mol. The van der Waals surface area contributed by atoms with Gasteiger partial charge in [0.1, 0.15) is 11.6 Å². The van der Waals surface area contributed by atoms with Crippen LogP contribution in [0.5, 0.6) is 0 Å². The summed E-state index contributed by atoms with van der Waals surface area (Å²) in [5, 5.41) is 5.59. The van der Waals surface area contributed by atoms with Crippen molar-refractivity contribution in [3.05, 3.63) is 29.8 Å². The first-order valence-electron chi connectivity index (χ1n) is 6.73. The van der Waals surface area contributed by atoms with Gasteiger partial charge in [0.25, 0.3) is 0 Å². The number of benzene rings is 1. The molecule has 1 fully saturated rings. The van der Waals surface area contributed by atoms with Gasteiger partial charge in [-0.1, -0.05) is 0 Å². The number of likely N-dealkylation sites (N-methyl/N-ethyl adjacent to an activating group) is 1. The van der Waals surface area contributed by atoms with Crippen LogP contribution in [0.4, 0.5) is 14.5 Å². The van der Waals surface area contributed by atoms with Gasteiger partial charge < -0.3 is 10.6 Å². The van der Waals surface area contributed by atoms with Gasteiger partial charge in [-0.3, -0.25) is 9.69 Å². The van der Waals surface area contributed by atoms with Crippen LogP contribution < -0.4 is 10.6 Å². The Morgan fingerprint density at radius 2 is 2.25 bits per heavy atom. The van der Waals surface area contributed by atoms with Crippen LogP contribution in [0.3, 0.4) is 0 Å². The van der Waals surface area contributed by atoms with Gasteiger partial charge in [-0.25, -0.2) is 8.78 Å². The Balaban J connectivity index is 1.92. The lowest BCUT2D eigenvalue weighted by molar-refractivity contribution is -0.117. The van der Waals surface area contributed by atoms with Crippen molar-refractivity contribution in [3.63, 3.8) is 0 Å². The van der Waals surface area contributed by atoms with Gasteiger partial charge in [0, 0.05) is 18.7 Å². The average molecular weight is 283 g/mol. The summed E-state index contributed by atoms with van der Waals surface area (Å²) < 4.78 is 26.2. The summed E-state index contributed by atoms with van der Waals surface area (Å²) in [5.41, 5.74) is 0.0146. The van der Waals surface area contributed by atoms with Crippen molar-refractivity contribution in [2.45, 2.75) is 18.9 Å². The maximum absolute atomic E-state index is 13.4. The second kappa shape index (κ2) is 6.76. The van der Waals surface area contributed by atoms with E-state index in [1.54, 1.807) is 0 Å². The minimum absolute atomic E-state index is 0.0146. The third-order valence-corrected chi connectivity index (χ3v) is 3.49. The van der Waals surface area contributed by atoms with E-state index in [4.69, 9.17) is 0 Å². The van der Waals surface area contributed by atoms with Gasteiger partial charge in [0.05, 0.1) is 12.2 Å². The van der Waals surface area contributed by atoms with Crippen LogP contribution in [0.25, 0.3) is 0 Å². The summed E-state index contributed by atoms with van der Waals surface area (Å²) in [4.78, 5) is 14.0. The monoisotopic (exact) mass is 283 g/mol. The number of halogens is 2. The molecule has 2 rings (SSSR count). The minimum atomic E-state index is -0.758. The van der Waals surface area contributed by atoms with Crippen molar-refractivity contribution in [2.24, 2.45) is 0 Å². The molecule has 1 atom stereocenters. The van der Waals surface area contributed by atoms with E-state index >= 15 is 0 Å². The average Bonchev–Trinajstić information content (AvgIpc) is 2.81. The lowest BCUT2D eigenvalue weighted by Crippen LogP contribution is -2.41.